The van der Waals surface area contributed by atoms with E-state index in [-0.39, 0.29) is 34.9 Å². The van der Waals surface area contributed by atoms with Crippen LogP contribution in [0.5, 0.6) is 0 Å². The topological polar surface area (TPSA) is 89.9 Å². The highest BCUT2D eigenvalue weighted by atomic mass is 35.5. The number of carbonyl (C=O) groups is 3. The monoisotopic (exact) mass is 422 g/mol. The number of Topliss-reactive ketones (excluding diaryl/α,β-unsaturated/α-hetero) is 1. The molecule has 158 valence electrons. The molecule has 1 N–H and O–H groups in total. The van der Waals surface area contributed by atoms with Gasteiger partial charge < -0.3 is 14.6 Å². The third-order valence-electron chi connectivity index (χ3n) is 8.01. The Bertz CT molecular complexity index is 846. The standard InChI is InChI=1S/C22H27ClO6/c1-10(24)14-8-17(26)19-12-7-16(23)15-9-18(27)29-20(28-11(2)25)22(15,4)13(12)5-6-21(14,19)3/h7,9,12-14,17,19-20,26H,5-6,8H2,1-4H3/t12-,13+,14-,17+,19-,20?,21-,22-/m1/s1. The van der Waals surface area contributed by atoms with E-state index in [0.29, 0.717) is 17.0 Å². The van der Waals surface area contributed by atoms with Crippen LogP contribution in [0.4, 0.5) is 0 Å². The molecule has 29 heavy (non-hydrogen) atoms. The van der Waals surface area contributed by atoms with Crippen molar-refractivity contribution in [3.05, 3.63) is 22.8 Å². The molecule has 0 bridgehead atoms. The molecule has 0 aromatic carbocycles. The lowest BCUT2D eigenvalue weighted by Crippen LogP contribution is -2.57. The van der Waals surface area contributed by atoms with Crippen LogP contribution in [0.1, 0.15) is 47.0 Å². The van der Waals surface area contributed by atoms with Gasteiger partial charge >= 0.3 is 11.9 Å². The molecule has 3 aliphatic carbocycles. The highest BCUT2D eigenvalue weighted by molar-refractivity contribution is 6.32. The number of fused-ring (bicyclic) bond motifs is 5. The number of aliphatic hydroxyl groups excluding tert-OH is 1. The molecule has 1 unspecified atom stereocenters. The van der Waals surface area contributed by atoms with E-state index in [2.05, 4.69) is 6.92 Å². The van der Waals surface area contributed by atoms with Crippen molar-refractivity contribution in [3.8, 4) is 0 Å². The first-order valence-corrected chi connectivity index (χ1v) is 10.5. The number of halogens is 1. The van der Waals surface area contributed by atoms with Crippen molar-refractivity contribution >= 4 is 29.3 Å². The lowest BCUT2D eigenvalue weighted by atomic mass is 9.49. The number of ketones is 1. The smallest absolute Gasteiger partial charge is 0.334 e. The number of hydrogen-bond donors (Lipinski definition) is 1. The molecule has 1 heterocycles. The summed E-state index contributed by atoms with van der Waals surface area (Å²) < 4.78 is 10.9. The summed E-state index contributed by atoms with van der Waals surface area (Å²) in [6.45, 7) is 6.89. The Kier molecular flexibility index (Phi) is 4.74. The minimum atomic E-state index is -1.08. The number of carbonyl (C=O) groups excluding carboxylic acids is 3. The predicted octanol–water partition coefficient (Wildman–Crippen LogP) is 3.12. The van der Waals surface area contributed by atoms with Crippen LogP contribution in [-0.4, -0.2) is 35.2 Å². The van der Waals surface area contributed by atoms with Crippen molar-refractivity contribution in [1.29, 1.82) is 0 Å². The number of rotatable bonds is 2. The summed E-state index contributed by atoms with van der Waals surface area (Å²) in [4.78, 5) is 36.1. The summed E-state index contributed by atoms with van der Waals surface area (Å²) in [5.41, 5.74) is -0.520. The van der Waals surface area contributed by atoms with Gasteiger partial charge in [-0.25, -0.2) is 4.79 Å². The van der Waals surface area contributed by atoms with Gasteiger partial charge in [0.15, 0.2) is 0 Å². The van der Waals surface area contributed by atoms with Crippen molar-refractivity contribution in [3.63, 3.8) is 0 Å². The molecule has 1 aliphatic heterocycles. The maximum absolute atomic E-state index is 12.3. The van der Waals surface area contributed by atoms with Crippen molar-refractivity contribution in [2.45, 2.75) is 59.4 Å². The van der Waals surface area contributed by atoms with E-state index in [0.717, 1.165) is 12.8 Å². The zero-order valence-corrected chi connectivity index (χ0v) is 17.9. The van der Waals surface area contributed by atoms with Crippen molar-refractivity contribution < 1.29 is 29.0 Å². The summed E-state index contributed by atoms with van der Waals surface area (Å²) in [5.74, 6) is -1.51. The first kappa shape index (κ1) is 20.6. The molecular weight excluding hydrogens is 396 g/mol. The van der Waals surface area contributed by atoms with Gasteiger partial charge in [-0.05, 0) is 61.9 Å². The van der Waals surface area contributed by atoms with Gasteiger partial charge in [0.05, 0.1) is 11.5 Å². The molecular formula is C22H27ClO6. The van der Waals surface area contributed by atoms with Crippen LogP contribution in [0.15, 0.2) is 22.8 Å². The highest BCUT2D eigenvalue weighted by Gasteiger charge is 2.65. The quantitative estimate of drug-likeness (QED) is 0.687. The molecule has 6 nitrogen and oxygen atoms in total. The Balaban J connectivity index is 1.82. The molecule has 4 rings (SSSR count). The van der Waals surface area contributed by atoms with Crippen LogP contribution in [0.25, 0.3) is 0 Å². The fourth-order valence-corrected chi connectivity index (χ4v) is 7.15. The average molecular weight is 423 g/mol. The van der Waals surface area contributed by atoms with Gasteiger partial charge in [-0.15, -0.1) is 0 Å². The molecule has 2 saturated carbocycles. The van der Waals surface area contributed by atoms with Crippen molar-refractivity contribution in [2.75, 3.05) is 0 Å². The maximum atomic E-state index is 12.3. The largest absolute Gasteiger partial charge is 0.424 e. The SMILES string of the molecule is CC(=O)OC1OC(=O)C=C2C(Cl)=C[C@H]3[C@@H]4[C@@H](O)C[C@H](C(C)=O)[C@@]4(C)CC[C@@H]3[C@]21C. The Labute approximate surface area is 175 Å². The minimum Gasteiger partial charge on any atom is -0.424 e. The second-order valence-electron chi connectivity index (χ2n) is 9.45. The molecule has 0 spiro atoms. The molecule has 2 fully saturated rings. The average Bonchev–Trinajstić information content (AvgIpc) is 2.88. The van der Waals surface area contributed by atoms with Gasteiger partial charge in [0.1, 0.15) is 5.78 Å². The first-order chi connectivity index (χ1) is 13.5. The maximum Gasteiger partial charge on any atom is 0.334 e. The van der Waals surface area contributed by atoms with E-state index in [1.807, 2.05) is 13.0 Å². The van der Waals surface area contributed by atoms with Gasteiger partial charge in [-0.1, -0.05) is 24.6 Å². The molecule has 0 radical (unpaired) electrons. The molecule has 0 saturated heterocycles. The van der Waals surface area contributed by atoms with Crippen LogP contribution < -0.4 is 0 Å². The van der Waals surface area contributed by atoms with E-state index in [1.54, 1.807) is 6.92 Å². The Hall–Kier alpha value is -1.66. The summed E-state index contributed by atoms with van der Waals surface area (Å²) in [6, 6.07) is 0. The van der Waals surface area contributed by atoms with E-state index in [4.69, 9.17) is 21.1 Å². The van der Waals surface area contributed by atoms with Crippen LogP contribution in [0, 0.1) is 34.5 Å². The fourth-order valence-electron chi connectivity index (χ4n) is 6.74. The number of esters is 2. The number of aliphatic hydroxyl groups is 1. The van der Waals surface area contributed by atoms with Gasteiger partial charge in [0.2, 0.25) is 0 Å². The Morgan fingerprint density at radius 1 is 1.31 bits per heavy atom. The summed E-state index contributed by atoms with van der Waals surface area (Å²) >= 11 is 6.65. The molecule has 0 amide bonds. The summed E-state index contributed by atoms with van der Waals surface area (Å²) in [7, 11) is 0. The van der Waals surface area contributed by atoms with Crippen LogP contribution in [0.3, 0.4) is 0 Å². The predicted molar refractivity (Wildman–Crippen MR) is 104 cm³/mol. The second kappa shape index (κ2) is 6.67. The zero-order valence-electron chi connectivity index (χ0n) is 17.1. The molecule has 7 heteroatoms. The molecule has 0 aromatic rings. The number of cyclic esters (lactones) is 1. The molecule has 4 aliphatic rings. The number of ether oxygens (including phenoxy) is 2. The second-order valence-corrected chi connectivity index (χ2v) is 9.86. The molecule has 0 aromatic heterocycles. The molecule has 8 atom stereocenters. The highest BCUT2D eigenvalue weighted by Crippen LogP contribution is 2.66. The Morgan fingerprint density at radius 3 is 2.62 bits per heavy atom. The third kappa shape index (κ3) is 2.82. The van der Waals surface area contributed by atoms with Crippen LogP contribution >= 0.6 is 11.6 Å². The van der Waals surface area contributed by atoms with E-state index in [9.17, 15) is 19.5 Å². The van der Waals surface area contributed by atoms with E-state index in [1.165, 1.54) is 13.0 Å². The third-order valence-corrected chi connectivity index (χ3v) is 8.34. The van der Waals surface area contributed by atoms with Gasteiger partial charge in [0, 0.05) is 23.9 Å². The van der Waals surface area contributed by atoms with Crippen LogP contribution in [-0.2, 0) is 23.9 Å². The Morgan fingerprint density at radius 2 is 2.00 bits per heavy atom. The minimum absolute atomic E-state index is 0.0490. The van der Waals surface area contributed by atoms with Gasteiger partial charge in [-0.2, -0.15) is 0 Å². The lowest BCUT2D eigenvalue weighted by molar-refractivity contribution is -0.220. The van der Waals surface area contributed by atoms with Crippen LogP contribution in [0.2, 0.25) is 0 Å². The summed E-state index contributed by atoms with van der Waals surface area (Å²) in [5, 5.41) is 11.4. The van der Waals surface area contributed by atoms with Crippen molar-refractivity contribution in [1.82, 2.24) is 0 Å². The normalized spacial score (nSPS) is 45.8. The first-order valence-electron chi connectivity index (χ1n) is 10.2. The zero-order chi connectivity index (χ0) is 21.3. The van der Waals surface area contributed by atoms with Gasteiger partial charge in [-0.3, -0.25) is 9.59 Å². The summed E-state index contributed by atoms with van der Waals surface area (Å²) in [6.07, 6.45) is 3.58. The number of allylic oxidation sites excluding steroid dienone is 2. The van der Waals surface area contributed by atoms with E-state index < -0.39 is 29.7 Å². The lowest BCUT2D eigenvalue weighted by Gasteiger charge is -2.57. The van der Waals surface area contributed by atoms with Gasteiger partial charge in [0.25, 0.3) is 6.29 Å². The fraction of sp³-hybridized carbons (Fsp3) is 0.682. The number of hydrogen-bond acceptors (Lipinski definition) is 6. The van der Waals surface area contributed by atoms with Crippen molar-refractivity contribution in [2.24, 2.45) is 34.5 Å². The van der Waals surface area contributed by atoms with E-state index >= 15 is 0 Å².